The molecule has 60 heavy (non-hydrogen) atoms. The monoisotopic (exact) mass is 865 g/mol. The highest BCUT2D eigenvalue weighted by Gasteiger charge is 2.52. The molecular weight excluding hydrogens is 788 g/mol. The van der Waals surface area contributed by atoms with Crippen molar-refractivity contribution in [1.29, 1.82) is 0 Å². The maximum Gasteiger partial charge on any atom is 0.328 e. The van der Waals surface area contributed by atoms with E-state index in [1.807, 2.05) is 51.7 Å². The molecule has 18 nitrogen and oxygen atoms in total. The van der Waals surface area contributed by atoms with E-state index in [0.717, 1.165) is 0 Å². The lowest BCUT2D eigenvalue weighted by molar-refractivity contribution is -0.318. The van der Waals surface area contributed by atoms with Crippen LogP contribution in [0.3, 0.4) is 0 Å². The molecule has 3 saturated heterocycles. The Labute approximate surface area is 355 Å². The molecule has 0 aliphatic carbocycles. The topological polar surface area (TPSA) is 255 Å². The highest BCUT2D eigenvalue weighted by molar-refractivity contribution is 5.89. The number of cyclic esters (lactones) is 1. The SMILES string of the molecule is CC[C@H]1OC(=O)[C@H](C)[C@@H](O[C@H]2C[C@@](C)(OC)[C@@H](O)[C@H](C)O2)[C@H](C)[C@@H](O[C@@H]2O[C@H](C)C[C@H](N(C)C)[C@H]2O)[C@](C)(O)C[C@@H](C)CN(C)[C@H](C)[C@@H](O)[C@]1(C)O.O=C(O)/C=C/C(=O)O. The van der Waals surface area contributed by atoms with E-state index in [1.54, 1.807) is 41.5 Å². The lowest BCUT2D eigenvalue weighted by Gasteiger charge is -2.48. The lowest BCUT2D eigenvalue weighted by Crippen LogP contribution is -2.60. The number of aliphatic hydroxyl groups excluding tert-OH is 3. The van der Waals surface area contributed by atoms with E-state index in [1.165, 1.54) is 14.0 Å². The van der Waals surface area contributed by atoms with Crippen LogP contribution in [-0.2, 0) is 42.8 Å². The van der Waals surface area contributed by atoms with Gasteiger partial charge in [-0.05, 0) is 94.8 Å². The largest absolute Gasteiger partial charge is 0.478 e. The van der Waals surface area contributed by atoms with Crippen LogP contribution in [0.25, 0.3) is 0 Å². The molecule has 18 atom stereocenters. The molecular formula is C42H76N2O16. The van der Waals surface area contributed by atoms with Crippen molar-refractivity contribution in [3.05, 3.63) is 12.2 Å². The normalized spacial score (nSPS) is 44.3. The van der Waals surface area contributed by atoms with Gasteiger partial charge in [-0.15, -0.1) is 0 Å². The van der Waals surface area contributed by atoms with Gasteiger partial charge in [-0.3, -0.25) is 4.79 Å². The summed E-state index contributed by atoms with van der Waals surface area (Å²) < 4.78 is 37.5. The fraction of sp³-hybridized carbons (Fsp3) is 0.881. The Hall–Kier alpha value is -2.33. The molecule has 0 saturated carbocycles. The van der Waals surface area contributed by atoms with Crippen molar-refractivity contribution in [2.24, 2.45) is 17.8 Å². The summed E-state index contributed by atoms with van der Waals surface area (Å²) in [5, 5.41) is 73.8. The van der Waals surface area contributed by atoms with E-state index in [0.29, 0.717) is 25.1 Å². The summed E-state index contributed by atoms with van der Waals surface area (Å²) in [7, 11) is 7.12. The van der Waals surface area contributed by atoms with E-state index >= 15 is 0 Å². The number of esters is 1. The van der Waals surface area contributed by atoms with Gasteiger partial charge in [-0.2, -0.15) is 0 Å². The number of hydrogen-bond acceptors (Lipinski definition) is 16. The van der Waals surface area contributed by atoms with Crippen LogP contribution in [0.15, 0.2) is 12.2 Å². The number of carboxylic acid groups (broad SMARTS) is 2. The predicted molar refractivity (Wildman–Crippen MR) is 219 cm³/mol. The van der Waals surface area contributed by atoms with Crippen molar-refractivity contribution in [3.63, 3.8) is 0 Å². The van der Waals surface area contributed by atoms with Crippen molar-refractivity contribution in [2.75, 3.05) is 34.8 Å². The first kappa shape index (κ1) is 53.8. The number of ether oxygens (including phenoxy) is 6. The summed E-state index contributed by atoms with van der Waals surface area (Å²) in [6.45, 7) is 18.0. The van der Waals surface area contributed by atoms with Gasteiger partial charge in [0.2, 0.25) is 0 Å². The lowest BCUT2D eigenvalue weighted by atomic mass is 9.77. The fourth-order valence-corrected chi connectivity index (χ4v) is 8.88. The van der Waals surface area contributed by atoms with Crippen LogP contribution in [0.2, 0.25) is 0 Å². The summed E-state index contributed by atoms with van der Waals surface area (Å²) in [5.74, 6) is -5.10. The van der Waals surface area contributed by atoms with Crippen molar-refractivity contribution in [3.8, 4) is 0 Å². The van der Waals surface area contributed by atoms with Crippen LogP contribution in [0.1, 0.15) is 94.9 Å². The zero-order chi connectivity index (χ0) is 46.2. The van der Waals surface area contributed by atoms with Crippen LogP contribution in [0, 0.1) is 17.8 Å². The molecule has 0 aromatic heterocycles. The van der Waals surface area contributed by atoms with Crippen LogP contribution in [-0.4, -0.2) is 189 Å². The first-order chi connectivity index (χ1) is 27.5. The van der Waals surface area contributed by atoms with Crippen LogP contribution in [0.4, 0.5) is 0 Å². The molecule has 0 spiro atoms. The summed E-state index contributed by atoms with van der Waals surface area (Å²) in [6.07, 6.45) is -7.07. The molecule has 0 unspecified atom stereocenters. The molecule has 0 amide bonds. The summed E-state index contributed by atoms with van der Waals surface area (Å²) in [4.78, 5) is 37.2. The highest BCUT2D eigenvalue weighted by Crippen LogP contribution is 2.40. The van der Waals surface area contributed by atoms with E-state index in [9.17, 15) is 39.9 Å². The second kappa shape index (κ2) is 22.3. The Balaban J connectivity index is 0.00000140. The number of rotatable bonds is 9. The Morgan fingerprint density at radius 1 is 0.917 bits per heavy atom. The summed E-state index contributed by atoms with van der Waals surface area (Å²) in [5.41, 5.74) is -4.37. The van der Waals surface area contributed by atoms with E-state index in [2.05, 4.69) is 0 Å². The molecule has 3 heterocycles. The number of methoxy groups -OCH3 is 1. The Kier molecular flexibility index (Phi) is 20.0. The molecule has 7 N–H and O–H groups in total. The summed E-state index contributed by atoms with van der Waals surface area (Å²) >= 11 is 0. The van der Waals surface area contributed by atoms with Crippen molar-refractivity contribution in [2.45, 2.75) is 185 Å². The number of carboxylic acids is 2. The maximum absolute atomic E-state index is 14.2. The molecule has 0 radical (unpaired) electrons. The van der Waals surface area contributed by atoms with E-state index in [4.69, 9.17) is 38.6 Å². The van der Waals surface area contributed by atoms with Crippen molar-refractivity contribution < 1.29 is 78.6 Å². The fourth-order valence-electron chi connectivity index (χ4n) is 8.88. The van der Waals surface area contributed by atoms with Crippen molar-refractivity contribution >= 4 is 17.9 Å². The number of hydrogen-bond donors (Lipinski definition) is 7. The number of carbonyl (C=O) groups excluding carboxylic acids is 1. The number of carbonyl (C=O) groups is 3. The second-order valence-electron chi connectivity index (χ2n) is 18.2. The highest BCUT2D eigenvalue weighted by atomic mass is 16.7. The van der Waals surface area contributed by atoms with Crippen LogP contribution < -0.4 is 0 Å². The minimum atomic E-state index is -1.80. The molecule has 350 valence electrons. The molecule has 0 aromatic carbocycles. The number of nitrogens with zero attached hydrogens (tertiary/aromatic N) is 2. The molecule has 0 bridgehead atoms. The Morgan fingerprint density at radius 3 is 1.98 bits per heavy atom. The van der Waals surface area contributed by atoms with Gasteiger partial charge in [0, 0.05) is 50.2 Å². The second-order valence-corrected chi connectivity index (χ2v) is 18.2. The van der Waals surface area contributed by atoms with Crippen molar-refractivity contribution in [1.82, 2.24) is 9.80 Å². The average molecular weight is 865 g/mol. The molecule has 0 aromatic rings. The third kappa shape index (κ3) is 13.8. The Bertz CT molecular complexity index is 1400. The summed E-state index contributed by atoms with van der Waals surface area (Å²) in [6, 6.07) is -0.808. The van der Waals surface area contributed by atoms with Crippen LogP contribution >= 0.6 is 0 Å². The third-order valence-corrected chi connectivity index (χ3v) is 12.6. The number of aliphatic carboxylic acids is 2. The zero-order valence-electron chi connectivity index (χ0n) is 38.0. The smallest absolute Gasteiger partial charge is 0.328 e. The predicted octanol–water partition coefficient (Wildman–Crippen LogP) is 1.61. The minimum Gasteiger partial charge on any atom is -0.478 e. The zero-order valence-corrected chi connectivity index (χ0v) is 38.0. The molecule has 3 rings (SSSR count). The van der Waals surface area contributed by atoms with Gasteiger partial charge in [-0.25, -0.2) is 9.59 Å². The number of aliphatic hydroxyl groups is 5. The Morgan fingerprint density at radius 2 is 1.48 bits per heavy atom. The van der Waals surface area contributed by atoms with Gasteiger partial charge in [0.05, 0.1) is 41.5 Å². The third-order valence-electron chi connectivity index (χ3n) is 12.6. The van der Waals surface area contributed by atoms with Gasteiger partial charge in [0.25, 0.3) is 0 Å². The molecule has 3 fully saturated rings. The minimum absolute atomic E-state index is 0.133. The maximum atomic E-state index is 14.2. The van der Waals surface area contributed by atoms with Gasteiger partial charge >= 0.3 is 17.9 Å². The first-order valence-corrected chi connectivity index (χ1v) is 20.9. The van der Waals surface area contributed by atoms with Gasteiger partial charge in [-0.1, -0.05) is 20.8 Å². The van der Waals surface area contributed by atoms with Crippen LogP contribution in [0.5, 0.6) is 0 Å². The molecule has 3 aliphatic heterocycles. The van der Waals surface area contributed by atoms with E-state index < -0.39 is 108 Å². The number of likely N-dealkylation sites (N-methyl/N-ethyl adjacent to an activating group) is 2. The quantitative estimate of drug-likeness (QED) is 0.128. The van der Waals surface area contributed by atoms with Gasteiger partial charge in [0.15, 0.2) is 12.6 Å². The average Bonchev–Trinajstić information content (AvgIpc) is 3.15. The first-order valence-electron chi connectivity index (χ1n) is 20.9. The standard InChI is InChI=1S/C38H72N2O12.C4H4O4/c1-15-27-38(10,46)31(42)24(6)40(13)19-20(2)17-36(8,45)33(52-35-29(41)26(39(11)12)16-21(3)48-35)22(4)30(23(5)34(44)50-27)51-28-18-37(9,47-14)32(43)25(7)49-28;5-3(6)1-2-4(7)8/h20-33,35,41-43,45-46H,15-19H2,1-14H3;1-2H,(H,5,6)(H,7,8)/b;2-1+/t20-,21-,22+,23-,24-,25+,26+,27-,28+,29-,30+,31-,32+,33-,35+,36-,37-,38-;/m1./s1. The van der Waals surface area contributed by atoms with E-state index in [-0.39, 0.29) is 37.3 Å². The van der Waals surface area contributed by atoms with Gasteiger partial charge < -0.3 is 74.0 Å². The molecule has 18 heteroatoms. The van der Waals surface area contributed by atoms with Gasteiger partial charge in [0.1, 0.15) is 30.0 Å². The molecule has 3 aliphatic rings.